The minimum absolute atomic E-state index is 0. The lowest BCUT2D eigenvalue weighted by Gasteiger charge is -2.34. The van der Waals surface area contributed by atoms with E-state index in [9.17, 15) is 19.8 Å². The molecule has 0 saturated heterocycles. The van der Waals surface area contributed by atoms with Gasteiger partial charge in [0, 0.05) is 19.1 Å². The molecule has 0 bridgehead atoms. The van der Waals surface area contributed by atoms with E-state index in [4.69, 9.17) is 4.74 Å². The van der Waals surface area contributed by atoms with Crippen LogP contribution in [0.4, 0.5) is 0 Å². The zero-order chi connectivity index (χ0) is 27.6. The molecule has 7 heteroatoms. The Morgan fingerprint density at radius 1 is 1.22 bits per heavy atom. The number of Topliss-reactive ketones (excluding diaryl/α,β-unsaturated/α-hetero) is 1. The molecule has 6 nitrogen and oxygen atoms in total. The number of esters is 1. The first-order chi connectivity index (χ1) is 16.8. The minimum Gasteiger partial charge on any atom is -0.457 e. The van der Waals surface area contributed by atoms with Crippen LogP contribution in [0.5, 0.6) is 0 Å². The van der Waals surface area contributed by atoms with Crippen molar-refractivity contribution < 1.29 is 26.0 Å². The average molecular weight is 525 g/mol. The number of aliphatic hydroxyl groups excluding tert-OH is 2. The molecule has 1 aliphatic rings. The molecule has 1 aromatic heterocycles. The van der Waals surface area contributed by atoms with E-state index in [2.05, 4.69) is 18.0 Å². The number of carbonyl (C=O) groups is 2. The van der Waals surface area contributed by atoms with Gasteiger partial charge in [-0.05, 0) is 57.6 Å². The van der Waals surface area contributed by atoms with Gasteiger partial charge in [0.15, 0.2) is 0 Å². The number of hydrogen-bond donors (Lipinski definition) is 2. The Morgan fingerprint density at radius 2 is 1.86 bits per heavy atom. The molecule has 0 aliphatic carbocycles. The van der Waals surface area contributed by atoms with Crippen LogP contribution in [-0.2, 0) is 14.3 Å². The van der Waals surface area contributed by atoms with Crippen LogP contribution in [0.1, 0.15) is 99.6 Å². The summed E-state index contributed by atoms with van der Waals surface area (Å²) < 4.78 is 5.81. The third-order valence-corrected chi connectivity index (χ3v) is 7.83. The van der Waals surface area contributed by atoms with E-state index < -0.39 is 35.6 Å². The Hall–Kier alpha value is -1.83. The van der Waals surface area contributed by atoms with Crippen molar-refractivity contribution in [2.45, 2.75) is 113 Å². The number of carbonyl (C=O) groups excluding carboxylic acids is 2. The molecule has 36 heavy (non-hydrogen) atoms. The molecule has 2 N–H and O–H groups in total. The number of aliphatic hydroxyl groups is 2. The fourth-order valence-corrected chi connectivity index (χ4v) is 4.97. The zero-order valence-corrected chi connectivity index (χ0v) is 24.4. The first-order valence-electron chi connectivity index (χ1n) is 13.2. The number of aromatic nitrogens is 1. The lowest BCUT2D eigenvalue weighted by molar-refractivity contribution is -0.154. The second kappa shape index (κ2) is 14.8. The van der Waals surface area contributed by atoms with Gasteiger partial charge in [-0.2, -0.15) is 0 Å². The van der Waals surface area contributed by atoms with E-state index in [-0.39, 0.29) is 19.5 Å². The Bertz CT molecular complexity index is 923. The van der Waals surface area contributed by atoms with E-state index in [1.807, 2.05) is 46.1 Å². The zero-order valence-electron chi connectivity index (χ0n) is 23.6. The van der Waals surface area contributed by atoms with Crippen LogP contribution < -0.4 is 0 Å². The van der Waals surface area contributed by atoms with Crippen molar-refractivity contribution in [3.63, 3.8) is 0 Å². The van der Waals surface area contributed by atoms with Gasteiger partial charge in [0.25, 0.3) is 0 Å². The van der Waals surface area contributed by atoms with Gasteiger partial charge in [-0.1, -0.05) is 53.2 Å². The van der Waals surface area contributed by atoms with Crippen LogP contribution in [0.3, 0.4) is 0 Å². The summed E-state index contributed by atoms with van der Waals surface area (Å²) in [5, 5.41) is 24.5. The van der Waals surface area contributed by atoms with Crippen molar-refractivity contribution >= 4 is 29.2 Å². The molecule has 0 amide bonds. The Morgan fingerprint density at radius 3 is 2.44 bits per heavy atom. The topological polar surface area (TPSA) is 96.7 Å². The maximum atomic E-state index is 13.2. The molecule has 5 atom stereocenters. The van der Waals surface area contributed by atoms with E-state index >= 15 is 0 Å². The highest BCUT2D eigenvalue weighted by Crippen LogP contribution is 2.32. The fraction of sp³-hybridized carbons (Fsp3) is 0.690. The van der Waals surface area contributed by atoms with E-state index in [1.54, 1.807) is 32.1 Å². The van der Waals surface area contributed by atoms with Gasteiger partial charge in [-0.25, -0.2) is 4.98 Å². The standard InChI is InChI=1S/C27H41NO5S.C2H6.H2/c1-16-9-8-10-17(2)25(31)19(4)26(32)27(6,7)23(29)14-24(30)33-22(12-11-16)18(3)13-21-15-34-20(5)28-21;1-2;/h11,13,15,17,19,22-23,25,29,31H,8-10,12,14H2,1-7H3;1-2H3;1H/b16-11-,18-13+;;/t17-,19+,22-,23-,25-;;/m0../s1/i;;1+1. The summed E-state index contributed by atoms with van der Waals surface area (Å²) in [4.78, 5) is 30.5. The van der Waals surface area contributed by atoms with Crippen LogP contribution in [0.15, 0.2) is 22.6 Å². The smallest absolute Gasteiger partial charge is 0.309 e. The molecule has 0 aromatic carbocycles. The summed E-state index contributed by atoms with van der Waals surface area (Å²) >= 11 is 1.56. The number of thiazole rings is 1. The van der Waals surface area contributed by atoms with Gasteiger partial charge in [-0.15, -0.1) is 11.3 Å². The van der Waals surface area contributed by atoms with Crippen molar-refractivity contribution in [1.82, 2.24) is 4.98 Å². The number of ether oxygens (including phenoxy) is 1. The predicted octanol–water partition coefficient (Wildman–Crippen LogP) is 6.54. The van der Waals surface area contributed by atoms with Crippen LogP contribution in [0.2, 0.25) is 0 Å². The number of hydrogen-bond acceptors (Lipinski definition) is 7. The lowest BCUT2D eigenvalue weighted by atomic mass is 9.73. The molecule has 2 rings (SSSR count). The maximum absolute atomic E-state index is 13.2. The number of rotatable bonds is 2. The van der Waals surface area contributed by atoms with Gasteiger partial charge in [0.2, 0.25) is 0 Å². The number of allylic oxidation sites excluding steroid dienone is 1. The van der Waals surface area contributed by atoms with Gasteiger partial charge in [-0.3, -0.25) is 9.59 Å². The molecule has 1 aromatic rings. The lowest BCUT2D eigenvalue weighted by Crippen LogP contribution is -2.45. The molecule has 2 heterocycles. The third-order valence-electron chi connectivity index (χ3n) is 7.04. The second-order valence-electron chi connectivity index (χ2n) is 10.4. The first kappa shape index (κ1) is 32.2. The van der Waals surface area contributed by atoms with Crippen molar-refractivity contribution in [3.05, 3.63) is 33.3 Å². The van der Waals surface area contributed by atoms with Crippen molar-refractivity contribution in [2.75, 3.05) is 0 Å². The fourth-order valence-electron chi connectivity index (χ4n) is 4.40. The molecular weight excluding hydrogens is 474 g/mol. The van der Waals surface area contributed by atoms with E-state index in [0.29, 0.717) is 6.42 Å². The molecule has 0 spiro atoms. The average Bonchev–Trinajstić information content (AvgIpc) is 3.24. The third kappa shape index (κ3) is 9.24. The monoisotopic (exact) mass is 524 g/mol. The summed E-state index contributed by atoms with van der Waals surface area (Å²) in [7, 11) is 0. The van der Waals surface area contributed by atoms with Crippen LogP contribution in [-0.4, -0.2) is 45.3 Å². The van der Waals surface area contributed by atoms with E-state index in [0.717, 1.165) is 35.5 Å². The molecule has 0 saturated carbocycles. The summed E-state index contributed by atoms with van der Waals surface area (Å²) in [6, 6.07) is 0. The quantitative estimate of drug-likeness (QED) is 0.337. The number of nitrogens with zero attached hydrogens (tertiary/aromatic N) is 1. The summed E-state index contributed by atoms with van der Waals surface area (Å²) in [5.41, 5.74) is 1.71. The highest BCUT2D eigenvalue weighted by atomic mass is 32.1. The van der Waals surface area contributed by atoms with Gasteiger partial charge in [0.05, 0.1) is 34.7 Å². The Kier molecular flexibility index (Phi) is 13.2. The molecule has 206 valence electrons. The Balaban J connectivity index is 0.00000421. The van der Waals surface area contributed by atoms with Gasteiger partial charge in [0.1, 0.15) is 11.9 Å². The molecule has 0 fully saturated rings. The van der Waals surface area contributed by atoms with Crippen LogP contribution >= 0.6 is 11.3 Å². The molecular formula is C29H49NO5S. The first-order valence-corrected chi connectivity index (χ1v) is 14.1. The molecule has 0 unspecified atom stereocenters. The molecule has 0 radical (unpaired) electrons. The second-order valence-corrected chi connectivity index (χ2v) is 11.5. The van der Waals surface area contributed by atoms with Gasteiger partial charge < -0.3 is 14.9 Å². The number of aryl methyl sites for hydroxylation is 1. The van der Waals surface area contributed by atoms with Crippen molar-refractivity contribution in [3.8, 4) is 0 Å². The van der Waals surface area contributed by atoms with Crippen LogP contribution in [0, 0.1) is 24.2 Å². The van der Waals surface area contributed by atoms with Crippen molar-refractivity contribution in [2.24, 2.45) is 17.3 Å². The van der Waals surface area contributed by atoms with Crippen molar-refractivity contribution in [1.29, 1.82) is 0 Å². The Labute approximate surface area is 223 Å². The summed E-state index contributed by atoms with van der Waals surface area (Å²) in [5.74, 6) is -1.49. The highest BCUT2D eigenvalue weighted by molar-refractivity contribution is 7.09. The number of ketones is 1. The summed E-state index contributed by atoms with van der Waals surface area (Å²) in [6.07, 6.45) is 4.33. The van der Waals surface area contributed by atoms with Gasteiger partial charge >= 0.3 is 5.97 Å². The largest absolute Gasteiger partial charge is 0.457 e. The van der Waals surface area contributed by atoms with Crippen LogP contribution in [0.25, 0.3) is 6.08 Å². The summed E-state index contributed by atoms with van der Waals surface area (Å²) in [6.45, 7) is 16.8. The molecule has 1 aliphatic heterocycles. The van der Waals surface area contributed by atoms with E-state index in [1.165, 1.54) is 5.57 Å². The predicted molar refractivity (Wildman–Crippen MR) is 150 cm³/mol. The maximum Gasteiger partial charge on any atom is 0.309 e. The number of cyclic esters (lactones) is 1. The minimum atomic E-state index is -1.21. The SMILES string of the molecule is C/C1=C/C[C@@H](/C(C)=C/c2csc(C)n2)OC(=O)C[C@H](O)C(C)(C)C(=O)[C@H](C)[C@@H](O)[C@@H](C)CCC1.CC.[2HH]. The highest BCUT2D eigenvalue weighted by Gasteiger charge is 2.42. The normalized spacial score (nSPS) is 30.5.